The molecule has 6 aliphatic rings. The molecule has 0 saturated heterocycles. The van der Waals surface area contributed by atoms with Gasteiger partial charge < -0.3 is 9.80 Å². The van der Waals surface area contributed by atoms with E-state index in [2.05, 4.69) is 206 Å². The fourth-order valence-corrected chi connectivity index (χ4v) is 12.0. The van der Waals surface area contributed by atoms with E-state index in [1.807, 2.05) is 0 Å². The van der Waals surface area contributed by atoms with Gasteiger partial charge in [0.05, 0.1) is 6.04 Å². The van der Waals surface area contributed by atoms with E-state index in [1.54, 1.807) is 5.57 Å². The van der Waals surface area contributed by atoms with Crippen molar-refractivity contribution in [3.8, 4) is 11.1 Å². The number of anilines is 3. The highest BCUT2D eigenvalue weighted by Gasteiger charge is 2.38. The van der Waals surface area contributed by atoms with Gasteiger partial charge in [-0.3, -0.25) is 0 Å². The van der Waals surface area contributed by atoms with Crippen molar-refractivity contribution in [2.45, 2.75) is 63.8 Å². The fraction of sp³-hybridized carbons (Fsp3) is 0.180. The van der Waals surface area contributed by atoms with E-state index < -0.39 is 0 Å². The van der Waals surface area contributed by atoms with Crippen molar-refractivity contribution >= 4 is 61.5 Å². The molecule has 2 nitrogen and oxygen atoms in total. The Hall–Kier alpha value is -6.90. The van der Waals surface area contributed by atoms with Gasteiger partial charge in [0.25, 0.3) is 0 Å². The van der Waals surface area contributed by atoms with Gasteiger partial charge in [-0.2, -0.15) is 0 Å². The Kier molecular flexibility index (Phi) is 8.20. The van der Waals surface area contributed by atoms with Gasteiger partial charge in [0.15, 0.2) is 0 Å². The second-order valence-electron chi connectivity index (χ2n) is 19.1. The number of benzene rings is 7. The van der Waals surface area contributed by atoms with Crippen LogP contribution in [0.4, 0.5) is 17.1 Å². The molecule has 0 bridgehead atoms. The molecule has 63 heavy (non-hydrogen) atoms. The lowest BCUT2D eigenvalue weighted by molar-refractivity contribution is 0.533. The summed E-state index contributed by atoms with van der Waals surface area (Å²) in [5.74, 6) is 0.458. The predicted octanol–water partition coefficient (Wildman–Crippen LogP) is 15.8. The second kappa shape index (κ2) is 14.1. The zero-order valence-electron chi connectivity index (χ0n) is 36.1. The summed E-state index contributed by atoms with van der Waals surface area (Å²) in [5.41, 5.74) is 19.1. The average molecular weight is 811 g/mol. The first kappa shape index (κ1) is 36.7. The zero-order valence-corrected chi connectivity index (χ0v) is 36.1. The third-order valence-corrected chi connectivity index (χ3v) is 15.2. The SMILES string of the molecule is CC1(C)c2cc(/C=C/c3ccc4c5ccc(N6c7ccccc7CC7C=CC=CC76)cc5c5ccccc5c4c3)ccc2-c2ccc(N3C4=C(CCC=C4)CC4=C3CCC=C4)cc21. The van der Waals surface area contributed by atoms with Crippen molar-refractivity contribution in [1.82, 2.24) is 0 Å². The van der Waals surface area contributed by atoms with Crippen LogP contribution in [-0.2, 0) is 11.8 Å². The van der Waals surface area contributed by atoms with Crippen molar-refractivity contribution in [2.75, 3.05) is 9.80 Å². The van der Waals surface area contributed by atoms with Crippen LogP contribution in [0.25, 0.3) is 55.6 Å². The molecule has 304 valence electrons. The topological polar surface area (TPSA) is 6.48 Å². The van der Waals surface area contributed by atoms with E-state index in [4.69, 9.17) is 0 Å². The van der Waals surface area contributed by atoms with Crippen LogP contribution in [0.5, 0.6) is 0 Å². The van der Waals surface area contributed by atoms with Gasteiger partial charge in [-0.05, 0) is 163 Å². The van der Waals surface area contributed by atoms with Crippen LogP contribution in [0.2, 0.25) is 0 Å². The largest absolute Gasteiger partial charge is 0.334 e. The summed E-state index contributed by atoms with van der Waals surface area (Å²) in [7, 11) is 0. The molecule has 2 atom stereocenters. The Morgan fingerprint density at radius 3 is 2.13 bits per heavy atom. The molecule has 2 heterocycles. The van der Waals surface area contributed by atoms with E-state index in [9.17, 15) is 0 Å². The summed E-state index contributed by atoms with van der Waals surface area (Å²) < 4.78 is 0. The molecule has 0 aromatic heterocycles. The van der Waals surface area contributed by atoms with Crippen molar-refractivity contribution in [3.05, 3.63) is 220 Å². The van der Waals surface area contributed by atoms with Gasteiger partial charge in [-0.15, -0.1) is 0 Å². The number of para-hydroxylation sites is 1. The highest BCUT2D eigenvalue weighted by atomic mass is 15.2. The Morgan fingerprint density at radius 2 is 1.25 bits per heavy atom. The van der Waals surface area contributed by atoms with Crippen molar-refractivity contribution in [3.63, 3.8) is 0 Å². The number of hydrogen-bond acceptors (Lipinski definition) is 2. The molecule has 4 aliphatic carbocycles. The molecule has 0 fully saturated rings. The molecule has 7 aromatic carbocycles. The van der Waals surface area contributed by atoms with Crippen molar-refractivity contribution < 1.29 is 0 Å². The third kappa shape index (κ3) is 5.70. The van der Waals surface area contributed by atoms with Crippen LogP contribution in [0.3, 0.4) is 0 Å². The second-order valence-corrected chi connectivity index (χ2v) is 19.1. The molecule has 2 aliphatic heterocycles. The standard InChI is InChI=1S/C61H50N2/c1-61(2)55-34-40(26-30-51(55)52-32-28-46(38-56(52)61)63-59-21-11-5-15-43(59)36-44-16-6-12-22-60(44)63)24-23-39-25-29-49-50-31-27-45(37-54(50)48-18-8-7-17-47(48)53(49)33-39)62-57-19-9-3-13-41(57)35-42-14-4-10-20-58(42)62/h3-5,7-10,12-15,17-20,22-34,37-38,41,57H,6,11,16,21,35-36H2,1-2H3/b24-23+. The number of fused-ring (bicyclic) bond motifs is 11. The third-order valence-electron chi connectivity index (χ3n) is 15.2. The fourth-order valence-electron chi connectivity index (χ4n) is 12.0. The van der Waals surface area contributed by atoms with Gasteiger partial charge in [0.2, 0.25) is 0 Å². The molecule has 2 heteroatoms. The van der Waals surface area contributed by atoms with Crippen molar-refractivity contribution in [1.29, 1.82) is 0 Å². The smallest absolute Gasteiger partial charge is 0.0591 e. The molecule has 13 rings (SSSR count). The van der Waals surface area contributed by atoms with E-state index >= 15 is 0 Å². The van der Waals surface area contributed by atoms with Crippen LogP contribution in [0.15, 0.2) is 192 Å². The lowest BCUT2D eigenvalue weighted by Gasteiger charge is -2.42. The Morgan fingerprint density at radius 1 is 0.587 bits per heavy atom. The van der Waals surface area contributed by atoms with E-state index in [1.165, 1.54) is 105 Å². The molecule has 2 unspecified atom stereocenters. The maximum Gasteiger partial charge on any atom is 0.0591 e. The van der Waals surface area contributed by atoms with Gasteiger partial charge in [0.1, 0.15) is 0 Å². The van der Waals surface area contributed by atoms with E-state index in [-0.39, 0.29) is 5.41 Å². The minimum Gasteiger partial charge on any atom is -0.334 e. The minimum absolute atomic E-state index is 0.115. The van der Waals surface area contributed by atoms with Crippen molar-refractivity contribution in [2.24, 2.45) is 5.92 Å². The van der Waals surface area contributed by atoms with Crippen LogP contribution in [0, 0.1) is 5.92 Å². The first-order valence-corrected chi connectivity index (χ1v) is 23.1. The zero-order chi connectivity index (χ0) is 41.8. The molecule has 0 saturated carbocycles. The molecule has 7 aromatic rings. The summed E-state index contributed by atoms with van der Waals surface area (Å²) >= 11 is 0. The lowest BCUT2D eigenvalue weighted by Crippen LogP contribution is -2.41. The highest BCUT2D eigenvalue weighted by Crippen LogP contribution is 2.52. The highest BCUT2D eigenvalue weighted by molar-refractivity contribution is 6.26. The van der Waals surface area contributed by atoms with Gasteiger partial charge >= 0.3 is 0 Å². The summed E-state index contributed by atoms with van der Waals surface area (Å²) in [6.07, 6.45) is 30.0. The molecule has 0 amide bonds. The summed E-state index contributed by atoms with van der Waals surface area (Å²) in [4.78, 5) is 5.17. The normalized spacial score (nSPS) is 20.4. The maximum atomic E-state index is 2.60. The van der Waals surface area contributed by atoms with E-state index in [0.717, 1.165) is 38.5 Å². The van der Waals surface area contributed by atoms with Gasteiger partial charge in [0, 0.05) is 39.8 Å². The molecule has 0 N–H and O–H groups in total. The molecular weight excluding hydrogens is 761 g/mol. The first-order valence-electron chi connectivity index (χ1n) is 23.1. The molecular formula is C61H50N2. The number of allylic oxidation sites excluding steroid dienone is 9. The Labute approximate surface area is 370 Å². The maximum absolute atomic E-state index is 2.60. The van der Waals surface area contributed by atoms with Crippen LogP contribution < -0.4 is 9.80 Å². The number of rotatable bonds is 4. The predicted molar refractivity (Wildman–Crippen MR) is 268 cm³/mol. The summed E-state index contributed by atoms with van der Waals surface area (Å²) in [6.45, 7) is 4.83. The molecule has 0 spiro atoms. The summed E-state index contributed by atoms with van der Waals surface area (Å²) in [5, 5.41) is 7.79. The Bertz CT molecular complexity index is 3320. The summed E-state index contributed by atoms with van der Waals surface area (Å²) in [6, 6.07) is 46.8. The minimum atomic E-state index is -0.115. The first-order chi connectivity index (χ1) is 31.0. The number of nitrogens with zero attached hydrogens (tertiary/aromatic N) is 2. The van der Waals surface area contributed by atoms with Crippen LogP contribution in [-0.4, -0.2) is 6.04 Å². The lowest BCUT2D eigenvalue weighted by atomic mass is 9.81. The van der Waals surface area contributed by atoms with Crippen LogP contribution >= 0.6 is 0 Å². The molecule has 0 radical (unpaired) electrons. The van der Waals surface area contributed by atoms with E-state index in [0.29, 0.717) is 12.0 Å². The van der Waals surface area contributed by atoms with Gasteiger partial charge in [-0.25, -0.2) is 0 Å². The Balaban J connectivity index is 0.839. The van der Waals surface area contributed by atoms with Crippen LogP contribution in [0.1, 0.15) is 73.8 Å². The average Bonchev–Trinajstić information content (AvgIpc) is 3.56. The number of hydrogen-bond donors (Lipinski definition) is 0. The quantitative estimate of drug-likeness (QED) is 0.129. The van der Waals surface area contributed by atoms with Gasteiger partial charge in [-0.1, -0.05) is 153 Å². The monoisotopic (exact) mass is 810 g/mol.